The van der Waals surface area contributed by atoms with E-state index < -0.39 is 23.5 Å². The Kier molecular flexibility index (Phi) is 2.96. The van der Waals surface area contributed by atoms with Crippen LogP contribution in [0.1, 0.15) is 35.5 Å². The minimum absolute atomic E-state index is 0.111. The van der Waals surface area contributed by atoms with Crippen LogP contribution in [0.5, 0.6) is 0 Å². The molecule has 1 fully saturated rings. The van der Waals surface area contributed by atoms with Gasteiger partial charge in [-0.3, -0.25) is 4.79 Å². The van der Waals surface area contributed by atoms with Crippen LogP contribution in [0, 0.1) is 0 Å². The van der Waals surface area contributed by atoms with Crippen LogP contribution in [0.3, 0.4) is 0 Å². The number of amides is 1. The van der Waals surface area contributed by atoms with Crippen molar-refractivity contribution < 1.29 is 24.5 Å². The molecule has 5 aromatic rings. The number of aliphatic hydroxyl groups is 1. The van der Waals surface area contributed by atoms with E-state index in [-0.39, 0.29) is 12.3 Å². The number of nitrogens with zero attached hydrogens (tertiary/aromatic N) is 2. The molecule has 8 nitrogen and oxygen atoms in total. The second-order valence-corrected chi connectivity index (χ2v) is 9.65. The number of nitrogens with one attached hydrogen (secondary N) is 1. The maximum absolute atomic E-state index is 13.2. The van der Waals surface area contributed by atoms with E-state index >= 15 is 0 Å². The van der Waals surface area contributed by atoms with Gasteiger partial charge in [0.15, 0.2) is 5.72 Å². The summed E-state index contributed by atoms with van der Waals surface area (Å²) < 4.78 is 10.4. The molecule has 8 rings (SSSR count). The Morgan fingerprint density at radius 3 is 2.47 bits per heavy atom. The van der Waals surface area contributed by atoms with Gasteiger partial charge in [-0.1, -0.05) is 36.4 Å². The van der Waals surface area contributed by atoms with Gasteiger partial charge in [-0.05, 0) is 24.6 Å². The zero-order chi connectivity index (χ0) is 23.1. The van der Waals surface area contributed by atoms with E-state index in [9.17, 15) is 19.8 Å². The smallest absolute Gasteiger partial charge is 0.341 e. The number of aromatic nitrogens is 2. The number of hydrogen-bond acceptors (Lipinski definition) is 4. The second kappa shape index (κ2) is 5.43. The van der Waals surface area contributed by atoms with Gasteiger partial charge in [0.25, 0.3) is 5.91 Å². The summed E-state index contributed by atoms with van der Waals surface area (Å²) in [5, 5.41) is 28.4. The Balaban J connectivity index is 1.77. The van der Waals surface area contributed by atoms with Crippen LogP contribution in [-0.2, 0) is 21.8 Å². The van der Waals surface area contributed by atoms with Crippen molar-refractivity contribution in [2.24, 2.45) is 0 Å². The molecule has 1 amide bonds. The summed E-state index contributed by atoms with van der Waals surface area (Å²) >= 11 is 0. The van der Waals surface area contributed by atoms with Gasteiger partial charge < -0.3 is 29.4 Å². The van der Waals surface area contributed by atoms with Crippen molar-refractivity contribution in [3.63, 3.8) is 0 Å². The van der Waals surface area contributed by atoms with Crippen LogP contribution >= 0.6 is 0 Å². The first-order chi connectivity index (χ1) is 16.4. The Labute approximate surface area is 191 Å². The van der Waals surface area contributed by atoms with Gasteiger partial charge in [0.2, 0.25) is 5.60 Å². The minimum atomic E-state index is -2.16. The number of rotatable bonds is 1. The highest BCUT2D eigenvalue weighted by atomic mass is 16.6. The topological polar surface area (TPSA) is 106 Å². The third-order valence-electron chi connectivity index (χ3n) is 8.19. The number of fused-ring (bicyclic) bond motifs is 13. The number of aliphatic carboxylic acids is 1. The summed E-state index contributed by atoms with van der Waals surface area (Å²) in [6.45, 7) is 2.04. The molecular weight excluding hydrogens is 434 g/mol. The lowest BCUT2D eigenvalue weighted by molar-refractivity contribution is -0.200. The zero-order valence-electron chi connectivity index (χ0n) is 18.1. The predicted octanol–water partition coefficient (Wildman–Crippen LogP) is 3.57. The third kappa shape index (κ3) is 1.71. The molecule has 3 aliphatic heterocycles. The lowest BCUT2D eigenvalue weighted by Crippen LogP contribution is -2.55. The summed E-state index contributed by atoms with van der Waals surface area (Å²) in [7, 11) is 0. The summed E-state index contributed by atoms with van der Waals surface area (Å²) in [6.07, 6.45) is -0.846. The minimum Gasteiger partial charge on any atom is -0.479 e. The number of carbonyl (C=O) groups excluding carboxylic acids is 1. The van der Waals surface area contributed by atoms with Gasteiger partial charge in [0, 0.05) is 34.5 Å². The van der Waals surface area contributed by atoms with Crippen LogP contribution < -0.4 is 5.32 Å². The number of para-hydroxylation sites is 2. The molecule has 34 heavy (non-hydrogen) atoms. The molecule has 0 spiro atoms. The summed E-state index contributed by atoms with van der Waals surface area (Å²) in [5.74, 6) is -1.43. The summed E-state index contributed by atoms with van der Waals surface area (Å²) in [6, 6.07) is 15.5. The number of ether oxygens (including phenoxy) is 1. The van der Waals surface area contributed by atoms with Crippen LogP contribution in [0.15, 0.2) is 48.5 Å². The van der Waals surface area contributed by atoms with Crippen molar-refractivity contribution in [1.29, 1.82) is 0 Å². The van der Waals surface area contributed by atoms with Crippen molar-refractivity contribution >= 4 is 55.5 Å². The first-order valence-corrected chi connectivity index (χ1v) is 11.3. The molecule has 1 saturated heterocycles. The Hall–Kier alpha value is -3.88. The van der Waals surface area contributed by atoms with Crippen molar-refractivity contribution in [3.8, 4) is 0 Å². The number of hydrogen-bond donors (Lipinski definition) is 3. The number of carboxylic acid groups (broad SMARTS) is 1. The molecule has 2 aromatic heterocycles. The normalized spacial score (nSPS) is 27.2. The van der Waals surface area contributed by atoms with Crippen molar-refractivity contribution in [3.05, 3.63) is 59.7 Å². The van der Waals surface area contributed by atoms with Gasteiger partial charge in [0.05, 0.1) is 27.6 Å². The van der Waals surface area contributed by atoms with E-state index in [1.807, 2.05) is 57.7 Å². The fraction of sp³-hybridized carbons (Fsp3) is 0.231. The van der Waals surface area contributed by atoms with Gasteiger partial charge in [-0.25, -0.2) is 4.79 Å². The molecule has 3 N–H and O–H groups in total. The van der Waals surface area contributed by atoms with Crippen molar-refractivity contribution in [2.45, 2.75) is 37.4 Å². The van der Waals surface area contributed by atoms with E-state index in [4.69, 9.17) is 4.74 Å². The molecule has 2 bridgehead atoms. The van der Waals surface area contributed by atoms with Crippen LogP contribution in [0.25, 0.3) is 43.6 Å². The SMILES string of the molecule is C[C@]12O[C@H](C[C@@]1(O)C(=O)O)n1c3ccccc3c3c4c(c5c6ccccc6n2c5c31)CNC4=O. The zero-order valence-corrected chi connectivity index (χ0v) is 18.1. The third-order valence-corrected chi connectivity index (χ3v) is 8.19. The molecule has 0 saturated carbocycles. The average molecular weight is 453 g/mol. The van der Waals surface area contributed by atoms with Crippen molar-refractivity contribution in [1.82, 2.24) is 14.5 Å². The Bertz CT molecular complexity index is 1810. The fourth-order valence-electron chi connectivity index (χ4n) is 6.73. The number of carboxylic acids is 1. The van der Waals surface area contributed by atoms with Gasteiger partial charge in [0.1, 0.15) is 6.23 Å². The standard InChI is InChI=1S/C26H19N3O5/c1-25-26(33,24(31)32)10-17(34-25)28-15-8-4-2-6-12(15)19-20-14(11-27-23(20)30)18-13-7-3-5-9-16(13)29(25)22(18)21(19)28/h2-9,17,33H,10-11H2,1H3,(H,27,30)(H,31,32)/t17-,25+,26-/m1/s1. The molecule has 3 atom stereocenters. The predicted molar refractivity (Wildman–Crippen MR) is 125 cm³/mol. The molecule has 5 heterocycles. The van der Waals surface area contributed by atoms with Gasteiger partial charge >= 0.3 is 5.97 Å². The van der Waals surface area contributed by atoms with E-state index in [0.717, 1.165) is 49.2 Å². The Morgan fingerprint density at radius 2 is 1.74 bits per heavy atom. The lowest BCUT2D eigenvalue weighted by Gasteiger charge is -2.36. The average Bonchev–Trinajstić information content (AvgIpc) is 3.51. The maximum Gasteiger partial charge on any atom is 0.341 e. The molecule has 0 unspecified atom stereocenters. The first kappa shape index (κ1) is 18.5. The molecule has 0 radical (unpaired) electrons. The van der Waals surface area contributed by atoms with Crippen LogP contribution in [-0.4, -0.2) is 36.8 Å². The number of benzene rings is 3. The number of carbonyl (C=O) groups is 2. The summed E-state index contributed by atoms with van der Waals surface area (Å²) in [4.78, 5) is 25.7. The van der Waals surface area contributed by atoms with Gasteiger partial charge in [-0.2, -0.15) is 0 Å². The molecule has 8 heteroatoms. The lowest BCUT2D eigenvalue weighted by atomic mass is 9.89. The monoisotopic (exact) mass is 453 g/mol. The molecule has 3 aromatic carbocycles. The maximum atomic E-state index is 13.2. The molecule has 168 valence electrons. The molecule has 3 aliphatic rings. The van der Waals surface area contributed by atoms with Gasteiger partial charge in [-0.15, -0.1) is 0 Å². The molecular formula is C26H19N3O5. The Morgan fingerprint density at radius 1 is 1.06 bits per heavy atom. The fourth-order valence-corrected chi connectivity index (χ4v) is 6.73. The largest absolute Gasteiger partial charge is 0.479 e. The van der Waals surface area contributed by atoms with Crippen LogP contribution in [0.2, 0.25) is 0 Å². The van der Waals surface area contributed by atoms with E-state index in [1.54, 1.807) is 6.92 Å². The molecule has 0 aliphatic carbocycles. The highest BCUT2D eigenvalue weighted by Crippen LogP contribution is 2.57. The summed E-state index contributed by atoms with van der Waals surface area (Å²) in [5.41, 5.74) is 1.05. The van der Waals surface area contributed by atoms with Crippen LogP contribution in [0.4, 0.5) is 0 Å². The van der Waals surface area contributed by atoms with E-state index in [0.29, 0.717) is 12.1 Å². The van der Waals surface area contributed by atoms with E-state index in [2.05, 4.69) is 5.32 Å². The highest BCUT2D eigenvalue weighted by molar-refractivity contribution is 6.31. The first-order valence-electron chi connectivity index (χ1n) is 11.3. The quantitative estimate of drug-likeness (QED) is 0.360. The van der Waals surface area contributed by atoms with Crippen molar-refractivity contribution in [2.75, 3.05) is 0 Å². The second-order valence-electron chi connectivity index (χ2n) is 9.65. The highest BCUT2D eigenvalue weighted by Gasteiger charge is 2.65. The van der Waals surface area contributed by atoms with E-state index in [1.165, 1.54) is 0 Å².